The van der Waals surface area contributed by atoms with Crippen LogP contribution in [0.5, 0.6) is 0 Å². The van der Waals surface area contributed by atoms with Crippen molar-refractivity contribution in [2.45, 2.75) is 5.16 Å². The molecule has 1 aromatic heterocycles. The number of hydrogen-bond donors (Lipinski definition) is 1. The van der Waals surface area contributed by atoms with E-state index in [4.69, 9.17) is 0 Å². The van der Waals surface area contributed by atoms with Crippen molar-refractivity contribution in [1.29, 1.82) is 0 Å². The summed E-state index contributed by atoms with van der Waals surface area (Å²) in [7, 11) is 1.97. The number of aromatic nitrogens is 2. The summed E-state index contributed by atoms with van der Waals surface area (Å²) in [6.07, 6.45) is 0. The van der Waals surface area contributed by atoms with Gasteiger partial charge in [0.15, 0.2) is 5.16 Å². The van der Waals surface area contributed by atoms with Gasteiger partial charge in [0.25, 0.3) is 0 Å². The monoisotopic (exact) mass is 297 g/mol. The van der Waals surface area contributed by atoms with Crippen LogP contribution < -0.4 is 5.32 Å². The summed E-state index contributed by atoms with van der Waals surface area (Å²) in [6.45, 7) is 0. The SMILES string of the molecule is Cn1c(SCC(=O)Nc2ccccc2)nc2ccccc21. The van der Waals surface area contributed by atoms with Gasteiger partial charge >= 0.3 is 0 Å². The number of para-hydroxylation sites is 3. The second-order valence-corrected chi connectivity index (χ2v) is 5.59. The van der Waals surface area contributed by atoms with Gasteiger partial charge in [-0.1, -0.05) is 42.1 Å². The lowest BCUT2D eigenvalue weighted by molar-refractivity contribution is -0.113. The molecule has 0 radical (unpaired) electrons. The first-order chi connectivity index (χ1) is 10.2. The number of imidazole rings is 1. The number of anilines is 1. The predicted molar refractivity (Wildman–Crippen MR) is 86.5 cm³/mol. The fourth-order valence-electron chi connectivity index (χ4n) is 2.10. The lowest BCUT2D eigenvalue weighted by Gasteiger charge is -2.04. The Morgan fingerprint density at radius 1 is 1.14 bits per heavy atom. The molecule has 0 aliphatic heterocycles. The van der Waals surface area contributed by atoms with Gasteiger partial charge in [0, 0.05) is 12.7 Å². The number of aryl methyl sites for hydroxylation is 1. The van der Waals surface area contributed by atoms with Gasteiger partial charge in [-0.2, -0.15) is 0 Å². The van der Waals surface area contributed by atoms with Crippen LogP contribution in [0.1, 0.15) is 0 Å². The Morgan fingerprint density at radius 3 is 2.62 bits per heavy atom. The number of amides is 1. The molecule has 106 valence electrons. The number of carbonyl (C=O) groups excluding carboxylic acids is 1. The van der Waals surface area contributed by atoms with Crippen molar-refractivity contribution in [2.24, 2.45) is 7.05 Å². The molecule has 3 rings (SSSR count). The van der Waals surface area contributed by atoms with Gasteiger partial charge in [-0.15, -0.1) is 0 Å². The highest BCUT2D eigenvalue weighted by molar-refractivity contribution is 7.99. The Kier molecular flexibility index (Phi) is 3.92. The maximum absolute atomic E-state index is 11.9. The lowest BCUT2D eigenvalue weighted by atomic mass is 10.3. The van der Waals surface area contributed by atoms with Gasteiger partial charge in [0.05, 0.1) is 16.8 Å². The molecule has 0 aliphatic rings. The molecule has 21 heavy (non-hydrogen) atoms. The van der Waals surface area contributed by atoms with Gasteiger partial charge in [-0.05, 0) is 24.3 Å². The van der Waals surface area contributed by atoms with Gasteiger partial charge in [0.2, 0.25) is 5.91 Å². The molecule has 0 aliphatic carbocycles. The summed E-state index contributed by atoms with van der Waals surface area (Å²) in [6, 6.07) is 17.4. The van der Waals surface area contributed by atoms with E-state index in [1.54, 1.807) is 0 Å². The van der Waals surface area contributed by atoms with Crippen LogP contribution in [0.4, 0.5) is 5.69 Å². The first kappa shape index (κ1) is 13.7. The Hall–Kier alpha value is -2.27. The third kappa shape index (κ3) is 3.08. The molecule has 2 aromatic carbocycles. The molecule has 0 atom stereocenters. The highest BCUT2D eigenvalue weighted by atomic mass is 32.2. The molecule has 0 bridgehead atoms. The predicted octanol–water partition coefficient (Wildman–Crippen LogP) is 3.30. The number of carbonyl (C=O) groups is 1. The summed E-state index contributed by atoms with van der Waals surface area (Å²) in [4.78, 5) is 16.5. The highest BCUT2D eigenvalue weighted by Crippen LogP contribution is 2.22. The zero-order valence-corrected chi connectivity index (χ0v) is 12.4. The molecule has 1 N–H and O–H groups in total. The number of rotatable bonds is 4. The van der Waals surface area contributed by atoms with E-state index >= 15 is 0 Å². The minimum Gasteiger partial charge on any atom is -0.325 e. The number of nitrogens with one attached hydrogen (secondary N) is 1. The van der Waals surface area contributed by atoms with E-state index in [1.165, 1.54) is 11.8 Å². The number of hydrogen-bond acceptors (Lipinski definition) is 3. The topological polar surface area (TPSA) is 46.9 Å². The Morgan fingerprint density at radius 2 is 1.86 bits per heavy atom. The van der Waals surface area contributed by atoms with Crippen molar-refractivity contribution in [2.75, 3.05) is 11.1 Å². The quantitative estimate of drug-likeness (QED) is 0.752. The minimum atomic E-state index is -0.0294. The number of nitrogens with zero attached hydrogens (tertiary/aromatic N) is 2. The second-order valence-electron chi connectivity index (χ2n) is 4.64. The molecule has 3 aromatic rings. The van der Waals surface area contributed by atoms with Gasteiger partial charge in [-0.3, -0.25) is 4.79 Å². The highest BCUT2D eigenvalue weighted by Gasteiger charge is 2.10. The van der Waals surface area contributed by atoms with E-state index in [0.717, 1.165) is 21.9 Å². The van der Waals surface area contributed by atoms with Crippen molar-refractivity contribution in [3.05, 3.63) is 54.6 Å². The smallest absolute Gasteiger partial charge is 0.234 e. The largest absolute Gasteiger partial charge is 0.325 e. The Labute approximate surface area is 127 Å². The second kappa shape index (κ2) is 6.01. The third-order valence-electron chi connectivity index (χ3n) is 3.14. The van der Waals surface area contributed by atoms with Gasteiger partial charge in [0.1, 0.15) is 0 Å². The molecular formula is C16H15N3OS. The zero-order valence-electron chi connectivity index (χ0n) is 11.6. The number of thioether (sulfide) groups is 1. The van der Waals surface area contributed by atoms with Crippen molar-refractivity contribution >= 4 is 34.4 Å². The molecule has 0 unspecified atom stereocenters. The number of benzene rings is 2. The summed E-state index contributed by atoms with van der Waals surface area (Å²) < 4.78 is 2.01. The van der Waals surface area contributed by atoms with Crippen LogP contribution in [0.3, 0.4) is 0 Å². The summed E-state index contributed by atoms with van der Waals surface area (Å²) in [5.41, 5.74) is 2.84. The standard InChI is InChI=1S/C16H15N3OS/c1-19-14-10-6-5-9-13(14)18-16(19)21-11-15(20)17-12-7-3-2-4-8-12/h2-10H,11H2,1H3,(H,17,20). The van der Waals surface area contributed by atoms with Crippen LogP contribution in [0.25, 0.3) is 11.0 Å². The zero-order chi connectivity index (χ0) is 14.7. The van der Waals surface area contributed by atoms with Crippen LogP contribution in [0.15, 0.2) is 59.8 Å². The van der Waals surface area contributed by atoms with Crippen molar-refractivity contribution < 1.29 is 4.79 Å². The molecule has 4 nitrogen and oxygen atoms in total. The first-order valence-corrected chi connectivity index (χ1v) is 7.62. The molecular weight excluding hydrogens is 282 g/mol. The van der Waals surface area contributed by atoms with E-state index in [0.29, 0.717) is 5.75 Å². The van der Waals surface area contributed by atoms with E-state index in [-0.39, 0.29) is 5.91 Å². The number of fused-ring (bicyclic) bond motifs is 1. The lowest BCUT2D eigenvalue weighted by Crippen LogP contribution is -2.14. The Bertz CT molecular complexity index is 768. The summed E-state index contributed by atoms with van der Waals surface area (Å²) in [5.74, 6) is 0.310. The average molecular weight is 297 g/mol. The maximum atomic E-state index is 11.9. The van der Waals surface area contributed by atoms with Gasteiger partial charge in [-0.25, -0.2) is 4.98 Å². The normalized spacial score (nSPS) is 10.7. The van der Waals surface area contributed by atoms with Crippen LogP contribution in [0, 0.1) is 0 Å². The van der Waals surface area contributed by atoms with Gasteiger partial charge < -0.3 is 9.88 Å². The third-order valence-corrected chi connectivity index (χ3v) is 4.17. The minimum absolute atomic E-state index is 0.0294. The molecule has 0 saturated heterocycles. The van der Waals surface area contributed by atoms with Crippen molar-refractivity contribution in [1.82, 2.24) is 9.55 Å². The molecule has 1 amide bonds. The van der Waals surface area contributed by atoms with E-state index in [9.17, 15) is 4.79 Å². The van der Waals surface area contributed by atoms with Crippen molar-refractivity contribution in [3.8, 4) is 0 Å². The molecule has 0 spiro atoms. The average Bonchev–Trinajstić information content (AvgIpc) is 2.83. The van der Waals surface area contributed by atoms with Crippen LogP contribution in [-0.4, -0.2) is 21.2 Å². The Balaban J connectivity index is 1.66. The summed E-state index contributed by atoms with van der Waals surface area (Å²) in [5, 5.41) is 3.72. The molecule has 0 saturated carbocycles. The van der Waals surface area contributed by atoms with E-state index < -0.39 is 0 Å². The van der Waals surface area contributed by atoms with Crippen LogP contribution >= 0.6 is 11.8 Å². The molecule has 0 fully saturated rings. The summed E-state index contributed by atoms with van der Waals surface area (Å²) >= 11 is 1.44. The van der Waals surface area contributed by atoms with Crippen LogP contribution in [-0.2, 0) is 11.8 Å². The van der Waals surface area contributed by atoms with Crippen LogP contribution in [0.2, 0.25) is 0 Å². The fraction of sp³-hybridized carbons (Fsp3) is 0.125. The first-order valence-electron chi connectivity index (χ1n) is 6.63. The fourth-order valence-corrected chi connectivity index (χ4v) is 2.89. The maximum Gasteiger partial charge on any atom is 0.234 e. The van der Waals surface area contributed by atoms with Crippen molar-refractivity contribution in [3.63, 3.8) is 0 Å². The molecule has 1 heterocycles. The molecule has 5 heteroatoms. The van der Waals surface area contributed by atoms with E-state index in [2.05, 4.69) is 10.3 Å². The van der Waals surface area contributed by atoms with E-state index in [1.807, 2.05) is 66.2 Å².